The minimum absolute atomic E-state index is 0.276. The molecule has 0 spiro atoms. The van der Waals surface area contributed by atoms with Crippen LogP contribution in [0, 0.1) is 0 Å². The predicted molar refractivity (Wildman–Crippen MR) is 73.8 cm³/mol. The van der Waals surface area contributed by atoms with Crippen molar-refractivity contribution in [3.05, 3.63) is 54.4 Å². The number of rotatable bonds is 3. The SMILES string of the molecule is O=C(NCc1ccccn1)Nc1ccccc1S. The van der Waals surface area contributed by atoms with Gasteiger partial charge >= 0.3 is 6.03 Å². The third-order valence-corrected chi connectivity index (χ3v) is 2.70. The highest BCUT2D eigenvalue weighted by atomic mass is 32.1. The van der Waals surface area contributed by atoms with Crippen molar-refractivity contribution >= 4 is 24.3 Å². The second kappa shape index (κ2) is 6.07. The lowest BCUT2D eigenvalue weighted by molar-refractivity contribution is 0.251. The quantitative estimate of drug-likeness (QED) is 0.742. The number of amides is 2. The van der Waals surface area contributed by atoms with Crippen LogP contribution in [0.3, 0.4) is 0 Å². The summed E-state index contributed by atoms with van der Waals surface area (Å²) in [5.41, 5.74) is 1.49. The Labute approximate surface area is 111 Å². The van der Waals surface area contributed by atoms with Gasteiger partial charge in [0.1, 0.15) is 0 Å². The van der Waals surface area contributed by atoms with Crippen molar-refractivity contribution in [3.63, 3.8) is 0 Å². The molecule has 92 valence electrons. The van der Waals surface area contributed by atoms with Gasteiger partial charge < -0.3 is 10.6 Å². The molecule has 0 fully saturated rings. The van der Waals surface area contributed by atoms with Crippen LogP contribution in [-0.4, -0.2) is 11.0 Å². The van der Waals surface area contributed by atoms with E-state index in [0.717, 1.165) is 10.6 Å². The van der Waals surface area contributed by atoms with Crippen molar-refractivity contribution in [2.75, 3.05) is 5.32 Å². The molecule has 2 rings (SSSR count). The molecule has 0 saturated carbocycles. The molecule has 0 unspecified atom stereocenters. The van der Waals surface area contributed by atoms with Gasteiger partial charge in [0.2, 0.25) is 0 Å². The molecule has 2 N–H and O–H groups in total. The second-order valence-electron chi connectivity index (χ2n) is 3.65. The van der Waals surface area contributed by atoms with Gasteiger partial charge in [-0.25, -0.2) is 4.79 Å². The topological polar surface area (TPSA) is 54.0 Å². The Bertz CT molecular complexity index is 531. The van der Waals surface area contributed by atoms with Crippen LogP contribution < -0.4 is 10.6 Å². The molecule has 2 amide bonds. The smallest absolute Gasteiger partial charge is 0.319 e. The van der Waals surface area contributed by atoms with Crippen molar-refractivity contribution in [2.45, 2.75) is 11.4 Å². The molecular weight excluding hydrogens is 246 g/mol. The number of aromatic nitrogens is 1. The molecule has 0 aliphatic heterocycles. The van der Waals surface area contributed by atoms with Gasteiger partial charge in [-0.2, -0.15) is 0 Å². The third kappa shape index (κ3) is 3.49. The zero-order valence-corrected chi connectivity index (χ0v) is 10.5. The van der Waals surface area contributed by atoms with Gasteiger partial charge in [-0.15, -0.1) is 12.6 Å². The monoisotopic (exact) mass is 259 g/mol. The summed E-state index contributed by atoms with van der Waals surface area (Å²) in [7, 11) is 0. The number of hydrogen-bond acceptors (Lipinski definition) is 3. The Morgan fingerprint density at radius 3 is 2.67 bits per heavy atom. The van der Waals surface area contributed by atoms with E-state index < -0.39 is 0 Å². The van der Waals surface area contributed by atoms with Crippen molar-refractivity contribution in [1.82, 2.24) is 10.3 Å². The van der Waals surface area contributed by atoms with E-state index in [2.05, 4.69) is 28.2 Å². The summed E-state index contributed by atoms with van der Waals surface area (Å²) < 4.78 is 0. The van der Waals surface area contributed by atoms with E-state index in [4.69, 9.17) is 0 Å². The number of thiol groups is 1. The van der Waals surface area contributed by atoms with Crippen molar-refractivity contribution < 1.29 is 4.79 Å². The third-order valence-electron chi connectivity index (χ3n) is 2.31. The molecule has 0 atom stereocenters. The Hall–Kier alpha value is -2.01. The van der Waals surface area contributed by atoms with E-state index in [1.54, 1.807) is 12.3 Å². The first-order valence-corrected chi connectivity index (χ1v) is 5.93. The molecule has 0 aliphatic carbocycles. The molecule has 2 aromatic rings. The summed E-state index contributed by atoms with van der Waals surface area (Å²) in [5, 5.41) is 5.45. The molecular formula is C13H13N3OS. The fourth-order valence-electron chi connectivity index (χ4n) is 1.42. The number of carbonyl (C=O) groups excluding carboxylic acids is 1. The minimum Gasteiger partial charge on any atom is -0.332 e. The average Bonchev–Trinajstić information content (AvgIpc) is 2.40. The molecule has 1 aromatic carbocycles. The minimum atomic E-state index is -0.276. The van der Waals surface area contributed by atoms with Crippen LogP contribution in [0.4, 0.5) is 10.5 Å². The molecule has 0 radical (unpaired) electrons. The van der Waals surface area contributed by atoms with Gasteiger partial charge in [0.15, 0.2) is 0 Å². The molecule has 18 heavy (non-hydrogen) atoms. The zero-order chi connectivity index (χ0) is 12.8. The van der Waals surface area contributed by atoms with Gasteiger partial charge in [0.05, 0.1) is 17.9 Å². The first-order chi connectivity index (χ1) is 8.75. The van der Waals surface area contributed by atoms with Gasteiger partial charge in [-0.3, -0.25) is 4.98 Å². The lowest BCUT2D eigenvalue weighted by Gasteiger charge is -2.08. The van der Waals surface area contributed by atoms with Crippen LogP contribution in [-0.2, 0) is 6.54 Å². The molecule has 0 saturated heterocycles. The number of nitrogens with zero attached hydrogens (tertiary/aromatic N) is 1. The van der Waals surface area contributed by atoms with Crippen molar-refractivity contribution in [2.24, 2.45) is 0 Å². The Balaban J connectivity index is 1.88. The highest BCUT2D eigenvalue weighted by Gasteiger charge is 2.03. The zero-order valence-electron chi connectivity index (χ0n) is 9.63. The van der Waals surface area contributed by atoms with Crippen LogP contribution >= 0.6 is 12.6 Å². The van der Waals surface area contributed by atoms with Crippen LogP contribution in [0.1, 0.15) is 5.69 Å². The fraction of sp³-hybridized carbons (Fsp3) is 0.0769. The van der Waals surface area contributed by atoms with Gasteiger partial charge in [-0.1, -0.05) is 18.2 Å². The summed E-state index contributed by atoms with van der Waals surface area (Å²) >= 11 is 4.26. The number of para-hydroxylation sites is 1. The van der Waals surface area contributed by atoms with Crippen LogP contribution in [0.25, 0.3) is 0 Å². The van der Waals surface area contributed by atoms with E-state index in [1.165, 1.54) is 0 Å². The summed E-state index contributed by atoms with van der Waals surface area (Å²) in [4.78, 5) is 16.5. The molecule has 1 aromatic heterocycles. The maximum atomic E-state index is 11.7. The normalized spacial score (nSPS) is 9.83. The van der Waals surface area contributed by atoms with Crippen LogP contribution in [0.5, 0.6) is 0 Å². The predicted octanol–water partition coefficient (Wildman–Crippen LogP) is 2.69. The summed E-state index contributed by atoms with van der Waals surface area (Å²) in [6, 6.07) is 12.6. The Morgan fingerprint density at radius 2 is 1.94 bits per heavy atom. The maximum absolute atomic E-state index is 11.7. The van der Waals surface area contributed by atoms with E-state index in [1.807, 2.05) is 36.4 Å². The maximum Gasteiger partial charge on any atom is 0.319 e. The molecule has 4 nitrogen and oxygen atoms in total. The number of urea groups is 1. The van der Waals surface area contributed by atoms with Gasteiger partial charge in [0.25, 0.3) is 0 Å². The summed E-state index contributed by atoms with van der Waals surface area (Å²) in [6.45, 7) is 0.390. The van der Waals surface area contributed by atoms with Gasteiger partial charge in [-0.05, 0) is 24.3 Å². The number of nitrogens with one attached hydrogen (secondary N) is 2. The average molecular weight is 259 g/mol. The molecule has 5 heteroatoms. The number of hydrogen-bond donors (Lipinski definition) is 3. The largest absolute Gasteiger partial charge is 0.332 e. The number of carbonyl (C=O) groups is 1. The van der Waals surface area contributed by atoms with E-state index >= 15 is 0 Å². The molecule has 0 bridgehead atoms. The van der Waals surface area contributed by atoms with E-state index in [0.29, 0.717) is 12.2 Å². The van der Waals surface area contributed by atoms with E-state index in [-0.39, 0.29) is 6.03 Å². The highest BCUT2D eigenvalue weighted by molar-refractivity contribution is 7.80. The number of anilines is 1. The number of pyridine rings is 1. The molecule has 0 aliphatic rings. The lowest BCUT2D eigenvalue weighted by atomic mass is 10.3. The molecule has 1 heterocycles. The van der Waals surface area contributed by atoms with Crippen LogP contribution in [0.2, 0.25) is 0 Å². The second-order valence-corrected chi connectivity index (χ2v) is 4.13. The standard InChI is InChI=1S/C13H13N3OS/c17-13(15-9-10-5-3-4-8-14-10)16-11-6-1-2-7-12(11)18/h1-8,18H,9H2,(H2,15,16,17). The highest BCUT2D eigenvalue weighted by Crippen LogP contribution is 2.18. The van der Waals surface area contributed by atoms with Crippen molar-refractivity contribution in [1.29, 1.82) is 0 Å². The Morgan fingerprint density at radius 1 is 1.17 bits per heavy atom. The van der Waals surface area contributed by atoms with E-state index in [9.17, 15) is 4.79 Å². The van der Waals surface area contributed by atoms with Gasteiger partial charge in [0, 0.05) is 11.1 Å². The number of benzene rings is 1. The van der Waals surface area contributed by atoms with Crippen LogP contribution in [0.15, 0.2) is 53.6 Å². The first kappa shape index (κ1) is 12.4. The first-order valence-electron chi connectivity index (χ1n) is 5.48. The fourth-order valence-corrected chi connectivity index (χ4v) is 1.64. The summed E-state index contributed by atoms with van der Waals surface area (Å²) in [5.74, 6) is 0. The van der Waals surface area contributed by atoms with Crippen molar-refractivity contribution in [3.8, 4) is 0 Å². The Kier molecular flexibility index (Phi) is 4.20. The lowest BCUT2D eigenvalue weighted by Crippen LogP contribution is -2.28. The summed E-state index contributed by atoms with van der Waals surface area (Å²) in [6.07, 6.45) is 1.69.